The van der Waals surface area contributed by atoms with Gasteiger partial charge in [0.1, 0.15) is 11.8 Å². The van der Waals surface area contributed by atoms with Crippen LogP contribution in [0.5, 0.6) is 11.5 Å². The summed E-state index contributed by atoms with van der Waals surface area (Å²) in [5, 5.41) is 14.6. The molecule has 2 aromatic rings. The second kappa shape index (κ2) is 7.94. The van der Waals surface area contributed by atoms with E-state index in [2.05, 4.69) is 5.10 Å². The summed E-state index contributed by atoms with van der Waals surface area (Å²) in [6.07, 6.45) is 1.60. The Morgan fingerprint density at radius 1 is 1.22 bits per heavy atom. The van der Waals surface area contributed by atoms with Crippen LogP contribution in [-0.2, 0) is 9.59 Å². The van der Waals surface area contributed by atoms with E-state index in [-0.39, 0.29) is 18.7 Å². The first-order valence-electron chi connectivity index (χ1n) is 8.40. The van der Waals surface area contributed by atoms with Crippen molar-refractivity contribution in [1.82, 2.24) is 5.01 Å². The van der Waals surface area contributed by atoms with Gasteiger partial charge in [0.05, 0.1) is 32.6 Å². The summed E-state index contributed by atoms with van der Waals surface area (Å²) in [5.74, 6) is 0.355. The van der Waals surface area contributed by atoms with E-state index in [0.29, 0.717) is 29.4 Å². The van der Waals surface area contributed by atoms with E-state index in [9.17, 15) is 9.59 Å². The number of carboxylic acid groups (broad SMARTS) is 1. The average molecular weight is 372 g/mol. The molecule has 8 heteroatoms. The maximum Gasteiger partial charge on any atom is 0.303 e. The van der Waals surface area contributed by atoms with Gasteiger partial charge in [0.25, 0.3) is 0 Å². The van der Waals surface area contributed by atoms with Crippen LogP contribution in [0.4, 0.5) is 0 Å². The molecule has 0 saturated heterocycles. The molecule has 3 rings (SSSR count). The third-order valence-electron chi connectivity index (χ3n) is 4.31. The zero-order valence-corrected chi connectivity index (χ0v) is 15.0. The first kappa shape index (κ1) is 18.5. The van der Waals surface area contributed by atoms with Crippen molar-refractivity contribution in [2.45, 2.75) is 25.3 Å². The van der Waals surface area contributed by atoms with Gasteiger partial charge in [0.2, 0.25) is 5.91 Å². The highest BCUT2D eigenvalue weighted by Gasteiger charge is 2.35. The van der Waals surface area contributed by atoms with Crippen molar-refractivity contribution in [3.8, 4) is 11.5 Å². The van der Waals surface area contributed by atoms with Crippen LogP contribution in [0.15, 0.2) is 46.1 Å². The molecule has 1 aliphatic heterocycles. The number of carbonyl (C=O) groups excluding carboxylic acids is 1. The van der Waals surface area contributed by atoms with E-state index in [1.165, 1.54) is 11.3 Å². The molecule has 1 atom stereocenters. The fourth-order valence-corrected chi connectivity index (χ4v) is 2.96. The summed E-state index contributed by atoms with van der Waals surface area (Å²) in [7, 11) is 3.10. The molecule has 1 N–H and O–H groups in total. The summed E-state index contributed by atoms with van der Waals surface area (Å²) in [6.45, 7) is 0. The fraction of sp³-hybridized carbons (Fsp3) is 0.316. The lowest BCUT2D eigenvalue weighted by Crippen LogP contribution is -2.27. The molecule has 1 aromatic carbocycles. The number of hydrogen-bond acceptors (Lipinski definition) is 6. The normalized spacial score (nSPS) is 16.1. The van der Waals surface area contributed by atoms with Gasteiger partial charge in [0, 0.05) is 18.4 Å². The molecular weight excluding hydrogens is 352 g/mol. The van der Waals surface area contributed by atoms with Gasteiger partial charge in [-0.15, -0.1) is 0 Å². The number of carbonyl (C=O) groups is 2. The summed E-state index contributed by atoms with van der Waals surface area (Å²) >= 11 is 0. The first-order valence-corrected chi connectivity index (χ1v) is 8.40. The minimum Gasteiger partial charge on any atom is -0.493 e. The van der Waals surface area contributed by atoms with Crippen LogP contribution in [0.3, 0.4) is 0 Å². The van der Waals surface area contributed by atoms with Crippen LogP contribution >= 0.6 is 0 Å². The van der Waals surface area contributed by atoms with Crippen molar-refractivity contribution in [2.75, 3.05) is 14.2 Å². The van der Waals surface area contributed by atoms with Crippen LogP contribution < -0.4 is 9.47 Å². The predicted octanol–water partition coefficient (Wildman–Crippen LogP) is 2.84. The quantitative estimate of drug-likeness (QED) is 0.802. The number of hydrogen-bond donors (Lipinski definition) is 1. The zero-order valence-electron chi connectivity index (χ0n) is 15.0. The topological polar surface area (TPSA) is 102 Å². The molecule has 8 nitrogen and oxygen atoms in total. The van der Waals surface area contributed by atoms with Gasteiger partial charge in [-0.3, -0.25) is 9.59 Å². The molecule has 0 saturated carbocycles. The first-order chi connectivity index (χ1) is 13.0. The molecular formula is C19H20N2O6. The standard InChI is InChI=1S/C19H20N2O6/c1-25-16-6-5-12(10-17(16)26-2)13-11-14(15-4-3-9-27-15)21(20-13)18(22)7-8-19(23)24/h3-6,9-10,14H,7-8,11H2,1-2H3,(H,23,24)/t14-/m1/s1. The minimum atomic E-state index is -1.03. The molecule has 0 fully saturated rings. The SMILES string of the molecule is COc1ccc(C2=NN(C(=O)CCC(=O)O)[C@@H](c3ccco3)C2)cc1OC. The Morgan fingerprint density at radius 3 is 2.63 bits per heavy atom. The summed E-state index contributed by atoms with van der Waals surface area (Å²) < 4.78 is 16.0. The van der Waals surface area contributed by atoms with Crippen LogP contribution in [-0.4, -0.2) is 41.9 Å². The highest BCUT2D eigenvalue weighted by Crippen LogP contribution is 2.35. The number of benzene rings is 1. The molecule has 0 spiro atoms. The maximum atomic E-state index is 12.5. The van der Waals surface area contributed by atoms with Crippen LogP contribution in [0.1, 0.15) is 36.6 Å². The third-order valence-corrected chi connectivity index (χ3v) is 4.31. The lowest BCUT2D eigenvalue weighted by Gasteiger charge is -2.19. The molecule has 0 aliphatic carbocycles. The van der Waals surface area contributed by atoms with E-state index >= 15 is 0 Å². The number of aliphatic carboxylic acids is 1. The van der Waals surface area contributed by atoms with Gasteiger partial charge in [-0.1, -0.05) is 0 Å². The lowest BCUT2D eigenvalue weighted by molar-refractivity contribution is -0.141. The molecule has 1 aromatic heterocycles. The number of hydrazone groups is 1. The molecule has 0 bridgehead atoms. The van der Waals surface area contributed by atoms with Crippen LogP contribution in [0, 0.1) is 0 Å². The molecule has 1 amide bonds. The minimum absolute atomic E-state index is 0.130. The molecule has 0 unspecified atom stereocenters. The predicted molar refractivity (Wildman–Crippen MR) is 95.9 cm³/mol. The van der Waals surface area contributed by atoms with Crippen molar-refractivity contribution in [3.63, 3.8) is 0 Å². The number of rotatable bonds is 7. The molecule has 142 valence electrons. The van der Waals surface area contributed by atoms with Crippen LogP contribution in [0.25, 0.3) is 0 Å². The summed E-state index contributed by atoms with van der Waals surface area (Å²) in [5.41, 5.74) is 1.47. The second-order valence-corrected chi connectivity index (χ2v) is 5.98. The second-order valence-electron chi connectivity index (χ2n) is 5.98. The number of nitrogens with zero attached hydrogens (tertiary/aromatic N) is 2. The molecule has 1 aliphatic rings. The largest absolute Gasteiger partial charge is 0.493 e. The van der Waals surface area contributed by atoms with E-state index < -0.39 is 12.0 Å². The average Bonchev–Trinajstić information content (AvgIpc) is 3.34. The Kier molecular flexibility index (Phi) is 5.44. The lowest BCUT2D eigenvalue weighted by atomic mass is 10.0. The van der Waals surface area contributed by atoms with Crippen molar-refractivity contribution in [3.05, 3.63) is 47.9 Å². The maximum absolute atomic E-state index is 12.5. The van der Waals surface area contributed by atoms with Crippen molar-refractivity contribution < 1.29 is 28.6 Å². The summed E-state index contributed by atoms with van der Waals surface area (Å²) in [6, 6.07) is 8.50. The molecule has 27 heavy (non-hydrogen) atoms. The highest BCUT2D eigenvalue weighted by molar-refractivity contribution is 6.03. The van der Waals surface area contributed by atoms with E-state index in [1.807, 2.05) is 6.07 Å². The Hall–Kier alpha value is -3.29. The molecule has 0 radical (unpaired) electrons. The smallest absolute Gasteiger partial charge is 0.303 e. The Balaban J connectivity index is 1.90. The number of methoxy groups -OCH3 is 2. The molecule has 2 heterocycles. The van der Waals surface area contributed by atoms with Crippen LogP contribution in [0.2, 0.25) is 0 Å². The van der Waals surface area contributed by atoms with Crippen molar-refractivity contribution in [1.29, 1.82) is 0 Å². The van der Waals surface area contributed by atoms with Gasteiger partial charge >= 0.3 is 5.97 Å². The third kappa shape index (κ3) is 3.94. The fourth-order valence-electron chi connectivity index (χ4n) is 2.96. The monoisotopic (exact) mass is 372 g/mol. The number of furan rings is 1. The van der Waals surface area contributed by atoms with Crippen molar-refractivity contribution in [2.24, 2.45) is 5.10 Å². The Labute approximate surface area is 156 Å². The van der Waals surface area contributed by atoms with Gasteiger partial charge in [-0.2, -0.15) is 5.10 Å². The Bertz CT molecular complexity index is 859. The van der Waals surface area contributed by atoms with Crippen molar-refractivity contribution >= 4 is 17.6 Å². The number of ether oxygens (including phenoxy) is 2. The van der Waals surface area contributed by atoms with Gasteiger partial charge in [0.15, 0.2) is 11.5 Å². The number of amides is 1. The van der Waals surface area contributed by atoms with E-state index in [4.69, 9.17) is 19.0 Å². The van der Waals surface area contributed by atoms with E-state index in [0.717, 1.165) is 5.56 Å². The Morgan fingerprint density at radius 2 is 2.00 bits per heavy atom. The van der Waals surface area contributed by atoms with Gasteiger partial charge < -0.3 is 19.0 Å². The van der Waals surface area contributed by atoms with Gasteiger partial charge in [-0.05, 0) is 30.3 Å². The van der Waals surface area contributed by atoms with Gasteiger partial charge in [-0.25, -0.2) is 5.01 Å². The summed E-state index contributed by atoms with van der Waals surface area (Å²) in [4.78, 5) is 23.3. The van der Waals surface area contributed by atoms with E-state index in [1.54, 1.807) is 38.5 Å². The zero-order chi connectivity index (χ0) is 19.4. The highest BCUT2D eigenvalue weighted by atomic mass is 16.5. The number of carboxylic acids is 1.